The van der Waals surface area contributed by atoms with E-state index in [-0.39, 0.29) is 11.9 Å². The van der Waals surface area contributed by atoms with Gasteiger partial charge in [0.25, 0.3) is 5.91 Å². The summed E-state index contributed by atoms with van der Waals surface area (Å²) >= 11 is 0. The highest BCUT2D eigenvalue weighted by Gasteiger charge is 2.30. The number of fused-ring (bicyclic) bond motifs is 1. The lowest BCUT2D eigenvalue weighted by molar-refractivity contribution is 0.0691. The third-order valence-corrected chi connectivity index (χ3v) is 4.68. The Bertz CT molecular complexity index is 891. The molecule has 128 valence electrons. The zero-order valence-electron chi connectivity index (χ0n) is 14.1. The molecule has 2 aromatic carbocycles. The molecule has 1 saturated heterocycles. The van der Waals surface area contributed by atoms with Crippen LogP contribution in [-0.2, 0) is 7.05 Å². The van der Waals surface area contributed by atoms with E-state index in [9.17, 15) is 4.79 Å². The Morgan fingerprint density at radius 1 is 1.24 bits per heavy atom. The van der Waals surface area contributed by atoms with Crippen LogP contribution in [0.1, 0.15) is 23.2 Å². The first-order valence-electron chi connectivity index (χ1n) is 8.50. The third kappa shape index (κ3) is 3.07. The number of carbonyl (C=O) groups is 1. The molecule has 6 nitrogen and oxygen atoms in total. The van der Waals surface area contributed by atoms with Crippen molar-refractivity contribution < 1.29 is 9.53 Å². The SMILES string of the molecule is Cn1nnc2ccc(C(=O)N3CCC[C@@H]3COc3ccccc3)cc21. The number of rotatable bonds is 4. The molecule has 1 atom stereocenters. The molecule has 1 amide bonds. The molecule has 1 aliphatic rings. The van der Waals surface area contributed by atoms with Crippen LogP contribution in [0.2, 0.25) is 0 Å². The summed E-state index contributed by atoms with van der Waals surface area (Å²) in [4.78, 5) is 14.9. The van der Waals surface area contributed by atoms with Crippen molar-refractivity contribution in [2.24, 2.45) is 7.05 Å². The maximum absolute atomic E-state index is 13.0. The second-order valence-corrected chi connectivity index (χ2v) is 6.34. The van der Waals surface area contributed by atoms with Gasteiger partial charge in [-0.25, -0.2) is 4.68 Å². The van der Waals surface area contributed by atoms with E-state index in [1.165, 1.54) is 0 Å². The van der Waals surface area contributed by atoms with Crippen LogP contribution < -0.4 is 4.74 Å². The van der Waals surface area contributed by atoms with E-state index < -0.39 is 0 Å². The first-order valence-corrected chi connectivity index (χ1v) is 8.50. The summed E-state index contributed by atoms with van der Waals surface area (Å²) in [6, 6.07) is 15.4. The monoisotopic (exact) mass is 336 g/mol. The van der Waals surface area contributed by atoms with Crippen LogP contribution in [0.3, 0.4) is 0 Å². The van der Waals surface area contributed by atoms with Gasteiger partial charge in [-0.2, -0.15) is 0 Å². The molecule has 25 heavy (non-hydrogen) atoms. The van der Waals surface area contributed by atoms with Crippen LogP contribution in [0.4, 0.5) is 0 Å². The Labute approximate surface area is 146 Å². The minimum atomic E-state index is 0.0438. The molecule has 0 bridgehead atoms. The van der Waals surface area contributed by atoms with Gasteiger partial charge >= 0.3 is 0 Å². The fourth-order valence-electron chi connectivity index (χ4n) is 3.31. The van der Waals surface area contributed by atoms with E-state index in [1.54, 1.807) is 4.68 Å². The quantitative estimate of drug-likeness (QED) is 0.735. The minimum Gasteiger partial charge on any atom is -0.491 e. The van der Waals surface area contributed by atoms with Crippen molar-refractivity contribution in [2.45, 2.75) is 18.9 Å². The van der Waals surface area contributed by atoms with E-state index in [0.717, 1.165) is 36.2 Å². The summed E-state index contributed by atoms with van der Waals surface area (Å²) in [5, 5.41) is 8.06. The number of carbonyl (C=O) groups excluding carboxylic acids is 1. The van der Waals surface area contributed by atoms with Gasteiger partial charge in [0, 0.05) is 19.2 Å². The smallest absolute Gasteiger partial charge is 0.254 e. The van der Waals surface area contributed by atoms with Gasteiger partial charge < -0.3 is 9.64 Å². The maximum atomic E-state index is 13.0. The molecular formula is C19H20N4O2. The first-order chi connectivity index (χ1) is 12.2. The Morgan fingerprint density at radius 3 is 2.92 bits per heavy atom. The summed E-state index contributed by atoms with van der Waals surface area (Å²) in [7, 11) is 1.83. The molecule has 1 aliphatic heterocycles. The topological polar surface area (TPSA) is 60.2 Å². The Morgan fingerprint density at radius 2 is 2.08 bits per heavy atom. The van der Waals surface area contributed by atoms with Crippen molar-refractivity contribution in [1.29, 1.82) is 0 Å². The van der Waals surface area contributed by atoms with Crippen LogP contribution >= 0.6 is 0 Å². The lowest BCUT2D eigenvalue weighted by Crippen LogP contribution is -2.39. The van der Waals surface area contributed by atoms with Crippen molar-refractivity contribution in [3.63, 3.8) is 0 Å². The van der Waals surface area contributed by atoms with Crippen molar-refractivity contribution in [1.82, 2.24) is 19.9 Å². The van der Waals surface area contributed by atoms with Gasteiger partial charge in [-0.1, -0.05) is 23.4 Å². The summed E-state index contributed by atoms with van der Waals surface area (Å²) < 4.78 is 7.55. The van der Waals surface area contributed by atoms with E-state index in [1.807, 2.05) is 60.5 Å². The first kappa shape index (κ1) is 15.6. The number of aryl methyl sites for hydroxylation is 1. The minimum absolute atomic E-state index is 0.0438. The zero-order chi connectivity index (χ0) is 17.2. The molecule has 3 aromatic rings. The van der Waals surface area contributed by atoms with Gasteiger partial charge in [0.05, 0.1) is 11.6 Å². The number of amides is 1. The third-order valence-electron chi connectivity index (χ3n) is 4.68. The van der Waals surface area contributed by atoms with Crippen molar-refractivity contribution in [3.8, 4) is 5.75 Å². The number of likely N-dealkylation sites (tertiary alicyclic amines) is 1. The second kappa shape index (κ2) is 6.55. The molecule has 4 rings (SSSR count). The van der Waals surface area contributed by atoms with Crippen LogP contribution in [0.5, 0.6) is 5.75 Å². The molecular weight excluding hydrogens is 316 g/mol. The Kier molecular flexibility index (Phi) is 4.09. The summed E-state index contributed by atoms with van der Waals surface area (Å²) in [6.07, 6.45) is 1.97. The Hall–Kier alpha value is -2.89. The molecule has 6 heteroatoms. The molecule has 0 radical (unpaired) electrons. The van der Waals surface area contributed by atoms with E-state index in [4.69, 9.17) is 4.74 Å². The van der Waals surface area contributed by atoms with Gasteiger partial charge in [-0.3, -0.25) is 4.79 Å². The maximum Gasteiger partial charge on any atom is 0.254 e. The molecule has 1 fully saturated rings. The normalized spacial score (nSPS) is 17.2. The molecule has 0 saturated carbocycles. The van der Waals surface area contributed by atoms with Gasteiger partial charge in [0.15, 0.2) is 0 Å². The Balaban J connectivity index is 1.50. The fourth-order valence-corrected chi connectivity index (χ4v) is 3.31. The molecule has 0 spiro atoms. The highest BCUT2D eigenvalue weighted by Crippen LogP contribution is 2.23. The standard InChI is InChI=1S/C19H20N4O2/c1-22-18-12-14(9-10-17(18)20-21-22)19(24)23-11-5-6-15(23)13-25-16-7-3-2-4-8-16/h2-4,7-10,12,15H,5-6,11,13H2,1H3/t15-/m1/s1. The van der Waals surface area contributed by atoms with Crippen LogP contribution in [-0.4, -0.2) is 45.0 Å². The van der Waals surface area contributed by atoms with Gasteiger partial charge in [-0.15, -0.1) is 5.10 Å². The van der Waals surface area contributed by atoms with Crippen molar-refractivity contribution in [2.75, 3.05) is 13.2 Å². The number of benzene rings is 2. The number of hydrogen-bond donors (Lipinski definition) is 0. The lowest BCUT2D eigenvalue weighted by atomic mass is 10.1. The zero-order valence-corrected chi connectivity index (χ0v) is 14.1. The number of aromatic nitrogens is 3. The number of nitrogens with zero attached hydrogens (tertiary/aromatic N) is 4. The predicted molar refractivity (Wildman–Crippen MR) is 94.5 cm³/mol. The van der Waals surface area contributed by atoms with Crippen LogP contribution in [0.25, 0.3) is 11.0 Å². The van der Waals surface area contributed by atoms with E-state index in [2.05, 4.69) is 10.3 Å². The van der Waals surface area contributed by atoms with Gasteiger partial charge in [-0.05, 0) is 43.2 Å². The highest BCUT2D eigenvalue weighted by atomic mass is 16.5. The van der Waals surface area contributed by atoms with Crippen LogP contribution in [0, 0.1) is 0 Å². The largest absolute Gasteiger partial charge is 0.491 e. The van der Waals surface area contributed by atoms with Crippen LogP contribution in [0.15, 0.2) is 48.5 Å². The van der Waals surface area contributed by atoms with Crippen molar-refractivity contribution >= 4 is 16.9 Å². The van der Waals surface area contributed by atoms with E-state index in [0.29, 0.717) is 12.2 Å². The molecule has 0 N–H and O–H groups in total. The summed E-state index contributed by atoms with van der Waals surface area (Å²) in [5.74, 6) is 0.881. The molecule has 0 aliphatic carbocycles. The fraction of sp³-hybridized carbons (Fsp3) is 0.316. The number of ether oxygens (including phenoxy) is 1. The second-order valence-electron chi connectivity index (χ2n) is 6.34. The molecule has 1 aromatic heterocycles. The molecule has 0 unspecified atom stereocenters. The van der Waals surface area contributed by atoms with Gasteiger partial charge in [0.1, 0.15) is 17.9 Å². The average Bonchev–Trinajstić information content (AvgIpc) is 3.27. The summed E-state index contributed by atoms with van der Waals surface area (Å²) in [6.45, 7) is 1.29. The summed E-state index contributed by atoms with van der Waals surface area (Å²) in [5.41, 5.74) is 2.33. The average molecular weight is 336 g/mol. The van der Waals surface area contributed by atoms with Gasteiger partial charge in [0.2, 0.25) is 0 Å². The predicted octanol–water partition coefficient (Wildman–Crippen LogP) is 2.65. The lowest BCUT2D eigenvalue weighted by Gasteiger charge is -2.25. The number of para-hydroxylation sites is 1. The highest BCUT2D eigenvalue weighted by molar-refractivity contribution is 5.97. The van der Waals surface area contributed by atoms with Crippen molar-refractivity contribution in [3.05, 3.63) is 54.1 Å². The molecule has 2 heterocycles. The number of hydrogen-bond acceptors (Lipinski definition) is 4. The van der Waals surface area contributed by atoms with E-state index >= 15 is 0 Å².